The van der Waals surface area contributed by atoms with Gasteiger partial charge in [0.2, 0.25) is 5.91 Å². The number of esters is 1. The van der Waals surface area contributed by atoms with Crippen LogP contribution in [0.4, 0.5) is 0 Å². The van der Waals surface area contributed by atoms with Crippen molar-refractivity contribution in [1.29, 1.82) is 0 Å². The molecule has 0 aromatic heterocycles. The molecule has 0 spiro atoms. The number of hydrogen-bond acceptors (Lipinski definition) is 5. The molecule has 1 amide bonds. The van der Waals surface area contributed by atoms with Gasteiger partial charge in [0.1, 0.15) is 0 Å². The van der Waals surface area contributed by atoms with E-state index in [1.165, 1.54) is 231 Å². The average molecular weight is 891 g/mol. The number of ether oxygens (including phenoxy) is 1. The average Bonchev–Trinajstić information content (AvgIpc) is 3.28. The summed E-state index contributed by atoms with van der Waals surface area (Å²) in [5.41, 5.74) is 0. The van der Waals surface area contributed by atoms with Crippen molar-refractivity contribution in [3.63, 3.8) is 0 Å². The van der Waals surface area contributed by atoms with E-state index in [2.05, 4.69) is 31.3 Å². The van der Waals surface area contributed by atoms with E-state index in [0.717, 1.165) is 51.4 Å². The van der Waals surface area contributed by atoms with Crippen molar-refractivity contribution in [3.05, 3.63) is 12.2 Å². The lowest BCUT2D eigenvalue weighted by atomic mass is 10.0. The lowest BCUT2D eigenvalue weighted by Crippen LogP contribution is -2.45. The van der Waals surface area contributed by atoms with Gasteiger partial charge in [0.15, 0.2) is 0 Å². The van der Waals surface area contributed by atoms with Crippen LogP contribution in [0.3, 0.4) is 0 Å². The maximum atomic E-state index is 12.4. The van der Waals surface area contributed by atoms with Crippen molar-refractivity contribution in [3.8, 4) is 0 Å². The highest BCUT2D eigenvalue weighted by Crippen LogP contribution is 2.17. The van der Waals surface area contributed by atoms with E-state index in [-0.39, 0.29) is 18.5 Å². The van der Waals surface area contributed by atoms with Gasteiger partial charge < -0.3 is 20.3 Å². The van der Waals surface area contributed by atoms with Crippen LogP contribution in [-0.2, 0) is 14.3 Å². The normalized spacial score (nSPS) is 12.6. The van der Waals surface area contributed by atoms with Crippen LogP contribution in [0.1, 0.15) is 316 Å². The maximum Gasteiger partial charge on any atom is 0.305 e. The summed E-state index contributed by atoms with van der Waals surface area (Å²) in [7, 11) is 0. The van der Waals surface area contributed by atoms with Gasteiger partial charge in [-0.1, -0.05) is 264 Å². The molecule has 0 fully saturated rings. The molecule has 6 heteroatoms. The molecule has 0 aliphatic carbocycles. The molecule has 0 heterocycles. The van der Waals surface area contributed by atoms with E-state index in [4.69, 9.17) is 4.74 Å². The third-order valence-corrected chi connectivity index (χ3v) is 13.3. The SMILES string of the molecule is CCCCCCCCCCCCCCCCCCC(=O)OCCCCCCCCCCC/C=C\CCCCCCCC(=O)NC(CO)C(O)CCCCCCCCCCCCCC. The number of carbonyl (C=O) groups excluding carboxylic acids is 2. The first-order valence-electron chi connectivity index (χ1n) is 28.4. The van der Waals surface area contributed by atoms with Crippen LogP contribution < -0.4 is 5.32 Å². The Kier molecular flexibility index (Phi) is 52.0. The highest BCUT2D eigenvalue weighted by atomic mass is 16.5. The number of amides is 1. The molecule has 0 aliphatic heterocycles. The summed E-state index contributed by atoms with van der Waals surface area (Å²) in [6.07, 6.45) is 62.0. The standard InChI is InChI=1S/C57H111NO5/c1-3-5-7-9-11-13-15-17-18-24-27-31-35-39-43-47-51-57(62)63-52-48-44-40-36-32-28-25-22-20-19-21-23-26-30-34-38-42-46-50-56(61)58-54(53-59)55(60)49-45-41-37-33-29-16-14-12-10-8-6-4-2/h21,23,54-55,59-60H,3-20,22,24-53H2,1-2H3,(H,58,61)/b23-21-. The summed E-state index contributed by atoms with van der Waals surface area (Å²) in [4.78, 5) is 24.5. The predicted octanol–water partition coefficient (Wildman–Crippen LogP) is 17.3. The number of unbranched alkanes of at least 4 members (excludes halogenated alkanes) is 40. The molecule has 2 atom stereocenters. The number of rotatable bonds is 53. The van der Waals surface area contributed by atoms with Crippen molar-refractivity contribution < 1.29 is 24.5 Å². The summed E-state index contributed by atoms with van der Waals surface area (Å²) in [5.74, 6) is -0.0420. The van der Waals surface area contributed by atoms with E-state index in [1.807, 2.05) is 0 Å². The van der Waals surface area contributed by atoms with Gasteiger partial charge in [-0.05, 0) is 51.4 Å². The Labute approximate surface area is 393 Å². The first-order chi connectivity index (χ1) is 31.0. The van der Waals surface area contributed by atoms with Crippen molar-refractivity contribution >= 4 is 11.9 Å². The molecule has 0 aromatic carbocycles. The fraction of sp³-hybridized carbons (Fsp3) is 0.930. The van der Waals surface area contributed by atoms with Gasteiger partial charge in [0.25, 0.3) is 0 Å². The second-order valence-electron chi connectivity index (χ2n) is 19.6. The van der Waals surface area contributed by atoms with Crippen LogP contribution in [0.2, 0.25) is 0 Å². The molecule has 0 saturated carbocycles. The van der Waals surface area contributed by atoms with E-state index in [1.54, 1.807) is 0 Å². The Bertz CT molecular complexity index is 939. The summed E-state index contributed by atoms with van der Waals surface area (Å²) in [6.45, 7) is 4.95. The number of allylic oxidation sites excluding steroid dienone is 2. The van der Waals surface area contributed by atoms with Gasteiger partial charge in [0, 0.05) is 12.8 Å². The summed E-state index contributed by atoms with van der Waals surface area (Å²) >= 11 is 0. The zero-order chi connectivity index (χ0) is 45.8. The smallest absolute Gasteiger partial charge is 0.305 e. The number of aliphatic hydroxyl groups is 2. The number of carbonyl (C=O) groups is 2. The molecule has 374 valence electrons. The molecule has 0 radical (unpaired) electrons. The van der Waals surface area contributed by atoms with Crippen molar-refractivity contribution in [1.82, 2.24) is 5.32 Å². The monoisotopic (exact) mass is 890 g/mol. The topological polar surface area (TPSA) is 95.9 Å². The molecule has 6 nitrogen and oxygen atoms in total. The molecule has 0 aliphatic rings. The summed E-state index contributed by atoms with van der Waals surface area (Å²) in [5, 5.41) is 23.2. The van der Waals surface area contributed by atoms with Crippen LogP contribution in [0.5, 0.6) is 0 Å². The molecular weight excluding hydrogens is 779 g/mol. The minimum atomic E-state index is -0.671. The number of hydrogen-bond donors (Lipinski definition) is 3. The molecule has 3 N–H and O–H groups in total. The molecule has 2 unspecified atom stereocenters. The minimum absolute atomic E-state index is 0.00674. The number of nitrogens with one attached hydrogen (secondary N) is 1. The zero-order valence-electron chi connectivity index (χ0n) is 42.6. The van der Waals surface area contributed by atoms with Crippen molar-refractivity contribution in [2.45, 2.75) is 328 Å². The van der Waals surface area contributed by atoms with Crippen LogP contribution >= 0.6 is 0 Å². The first-order valence-corrected chi connectivity index (χ1v) is 28.4. The maximum absolute atomic E-state index is 12.4. The summed E-state index contributed by atoms with van der Waals surface area (Å²) < 4.78 is 5.48. The first kappa shape index (κ1) is 61.6. The fourth-order valence-corrected chi connectivity index (χ4v) is 8.93. The second kappa shape index (κ2) is 53.2. The van der Waals surface area contributed by atoms with Gasteiger partial charge in [-0.15, -0.1) is 0 Å². The molecule has 0 saturated heterocycles. The second-order valence-corrected chi connectivity index (χ2v) is 19.6. The van der Waals surface area contributed by atoms with Crippen LogP contribution in [0.15, 0.2) is 12.2 Å². The Morgan fingerprint density at radius 2 is 0.746 bits per heavy atom. The van der Waals surface area contributed by atoms with Crippen molar-refractivity contribution in [2.24, 2.45) is 0 Å². The highest BCUT2D eigenvalue weighted by Gasteiger charge is 2.20. The molecule has 63 heavy (non-hydrogen) atoms. The molecule has 0 rings (SSSR count). The number of aliphatic hydroxyl groups excluding tert-OH is 2. The van der Waals surface area contributed by atoms with Gasteiger partial charge in [-0.25, -0.2) is 0 Å². The quantitative estimate of drug-likeness (QED) is 0.0321. The van der Waals surface area contributed by atoms with E-state index in [0.29, 0.717) is 25.9 Å². The highest BCUT2D eigenvalue weighted by molar-refractivity contribution is 5.76. The van der Waals surface area contributed by atoms with Gasteiger partial charge in [-0.2, -0.15) is 0 Å². The Hall–Kier alpha value is -1.40. The summed E-state index contributed by atoms with van der Waals surface area (Å²) in [6, 6.07) is -0.549. The lowest BCUT2D eigenvalue weighted by Gasteiger charge is -2.22. The van der Waals surface area contributed by atoms with Gasteiger partial charge in [0.05, 0.1) is 25.4 Å². The molecule has 0 bridgehead atoms. The molecule has 0 aromatic rings. The third kappa shape index (κ3) is 49.9. The Balaban J connectivity index is 3.41. The fourth-order valence-electron chi connectivity index (χ4n) is 8.93. The van der Waals surface area contributed by atoms with Gasteiger partial charge in [-0.3, -0.25) is 9.59 Å². The Morgan fingerprint density at radius 1 is 0.429 bits per heavy atom. The zero-order valence-corrected chi connectivity index (χ0v) is 42.6. The third-order valence-electron chi connectivity index (χ3n) is 13.3. The van der Waals surface area contributed by atoms with Crippen LogP contribution in [0.25, 0.3) is 0 Å². The van der Waals surface area contributed by atoms with E-state index < -0.39 is 12.1 Å². The van der Waals surface area contributed by atoms with E-state index >= 15 is 0 Å². The predicted molar refractivity (Wildman–Crippen MR) is 273 cm³/mol. The lowest BCUT2D eigenvalue weighted by molar-refractivity contribution is -0.143. The van der Waals surface area contributed by atoms with Crippen LogP contribution in [0, 0.1) is 0 Å². The van der Waals surface area contributed by atoms with Crippen molar-refractivity contribution in [2.75, 3.05) is 13.2 Å². The Morgan fingerprint density at radius 3 is 1.13 bits per heavy atom. The van der Waals surface area contributed by atoms with Crippen LogP contribution in [-0.4, -0.2) is 47.4 Å². The molecular formula is C57H111NO5. The largest absolute Gasteiger partial charge is 0.466 e. The van der Waals surface area contributed by atoms with Gasteiger partial charge >= 0.3 is 5.97 Å². The minimum Gasteiger partial charge on any atom is -0.466 e. The van der Waals surface area contributed by atoms with E-state index in [9.17, 15) is 19.8 Å².